The lowest BCUT2D eigenvalue weighted by atomic mass is 10.2. The van der Waals surface area contributed by atoms with Crippen LogP contribution in [0.3, 0.4) is 0 Å². The highest BCUT2D eigenvalue weighted by molar-refractivity contribution is 6.42. The lowest BCUT2D eigenvalue weighted by Gasteiger charge is -2.09. The highest BCUT2D eigenvalue weighted by atomic mass is 35.5. The second kappa shape index (κ2) is 6.70. The number of carbonyl (C=O) groups is 1. The molecule has 0 fully saturated rings. The van der Waals surface area contributed by atoms with Gasteiger partial charge in [0.05, 0.1) is 28.4 Å². The average Bonchev–Trinajstić information content (AvgIpc) is 2.49. The molecule has 0 unspecified atom stereocenters. The van der Waals surface area contributed by atoms with Crippen LogP contribution in [0.25, 0.3) is 0 Å². The molecule has 0 saturated carbocycles. The minimum atomic E-state index is -0.496. The maximum Gasteiger partial charge on any atom is 0.338 e. The van der Waals surface area contributed by atoms with E-state index in [1.165, 1.54) is 13.2 Å². The molecule has 4 nitrogen and oxygen atoms in total. The number of benzene rings is 2. The quantitative estimate of drug-likeness (QED) is 0.683. The number of halogens is 2. The minimum Gasteiger partial charge on any atom is -0.495 e. The Balaban J connectivity index is 2.10. The van der Waals surface area contributed by atoms with E-state index in [4.69, 9.17) is 38.4 Å². The molecule has 2 aromatic carbocycles. The van der Waals surface area contributed by atoms with Crippen LogP contribution >= 0.6 is 23.2 Å². The fourth-order valence-corrected chi connectivity index (χ4v) is 2.10. The fraction of sp³-hybridized carbons (Fsp3) is 0.133. The molecule has 2 rings (SSSR count). The smallest absolute Gasteiger partial charge is 0.338 e. The van der Waals surface area contributed by atoms with Crippen LogP contribution in [0.1, 0.15) is 15.9 Å². The van der Waals surface area contributed by atoms with Crippen LogP contribution in [-0.4, -0.2) is 13.1 Å². The van der Waals surface area contributed by atoms with Gasteiger partial charge in [0, 0.05) is 5.56 Å². The third-order valence-electron chi connectivity index (χ3n) is 2.86. The third kappa shape index (κ3) is 3.60. The second-order valence-electron chi connectivity index (χ2n) is 4.25. The van der Waals surface area contributed by atoms with Crippen molar-refractivity contribution in [2.45, 2.75) is 6.61 Å². The van der Waals surface area contributed by atoms with Gasteiger partial charge in [-0.25, -0.2) is 4.79 Å². The van der Waals surface area contributed by atoms with E-state index in [2.05, 4.69) is 0 Å². The topological polar surface area (TPSA) is 61.5 Å². The van der Waals surface area contributed by atoms with Crippen molar-refractivity contribution in [3.05, 3.63) is 57.6 Å². The Morgan fingerprint density at radius 1 is 1.24 bits per heavy atom. The van der Waals surface area contributed by atoms with Gasteiger partial charge in [-0.2, -0.15) is 0 Å². The maximum atomic E-state index is 12.0. The van der Waals surface area contributed by atoms with Crippen molar-refractivity contribution in [1.82, 2.24) is 0 Å². The predicted molar refractivity (Wildman–Crippen MR) is 83.0 cm³/mol. The zero-order valence-corrected chi connectivity index (χ0v) is 12.7. The van der Waals surface area contributed by atoms with Crippen LogP contribution in [0.4, 0.5) is 5.69 Å². The van der Waals surface area contributed by atoms with Crippen LogP contribution < -0.4 is 10.5 Å². The standard InChI is InChI=1S/C15H13Cl2NO3/c1-20-13-7-9(5-6-12(13)18)15(19)21-8-10-3-2-4-11(16)14(10)17/h2-7H,8,18H2,1H3. The first-order chi connectivity index (χ1) is 10.0. The van der Waals surface area contributed by atoms with Crippen LogP contribution in [0.15, 0.2) is 36.4 Å². The van der Waals surface area contributed by atoms with Gasteiger partial charge in [0.2, 0.25) is 0 Å². The normalized spacial score (nSPS) is 10.2. The van der Waals surface area contributed by atoms with Crippen LogP contribution in [0, 0.1) is 0 Å². The first kappa shape index (κ1) is 15.5. The molecule has 0 aromatic heterocycles. The van der Waals surface area contributed by atoms with Crippen molar-refractivity contribution in [3.63, 3.8) is 0 Å². The van der Waals surface area contributed by atoms with E-state index < -0.39 is 5.97 Å². The summed E-state index contributed by atoms with van der Waals surface area (Å²) in [6.45, 7) is 0.0327. The van der Waals surface area contributed by atoms with Crippen LogP contribution in [-0.2, 0) is 11.3 Å². The van der Waals surface area contributed by atoms with Gasteiger partial charge in [0.25, 0.3) is 0 Å². The number of anilines is 1. The van der Waals surface area contributed by atoms with Crippen LogP contribution in [0.5, 0.6) is 5.75 Å². The van der Waals surface area contributed by atoms with E-state index in [1.807, 2.05) is 0 Å². The molecule has 21 heavy (non-hydrogen) atoms. The van der Waals surface area contributed by atoms with Gasteiger partial charge in [0.1, 0.15) is 12.4 Å². The van der Waals surface area contributed by atoms with E-state index in [0.29, 0.717) is 32.6 Å². The number of nitrogens with two attached hydrogens (primary N) is 1. The zero-order valence-electron chi connectivity index (χ0n) is 11.2. The number of hydrogen-bond donors (Lipinski definition) is 1. The van der Waals surface area contributed by atoms with Gasteiger partial charge < -0.3 is 15.2 Å². The summed E-state index contributed by atoms with van der Waals surface area (Å²) < 4.78 is 10.3. The molecule has 110 valence electrons. The summed E-state index contributed by atoms with van der Waals surface area (Å²) in [6, 6.07) is 9.83. The van der Waals surface area contributed by atoms with Gasteiger partial charge in [0.15, 0.2) is 0 Å². The molecule has 0 heterocycles. The summed E-state index contributed by atoms with van der Waals surface area (Å²) in [5.41, 5.74) is 7.13. The highest BCUT2D eigenvalue weighted by Gasteiger charge is 2.12. The molecule has 2 aromatic rings. The number of carbonyl (C=O) groups excluding carboxylic acids is 1. The van der Waals surface area contributed by atoms with Crippen molar-refractivity contribution >= 4 is 34.9 Å². The van der Waals surface area contributed by atoms with Crippen molar-refractivity contribution in [1.29, 1.82) is 0 Å². The largest absolute Gasteiger partial charge is 0.495 e. The lowest BCUT2D eigenvalue weighted by Crippen LogP contribution is -2.06. The molecule has 0 radical (unpaired) electrons. The van der Waals surface area contributed by atoms with Gasteiger partial charge in [-0.05, 0) is 24.3 Å². The molecule has 0 aliphatic carbocycles. The van der Waals surface area contributed by atoms with Crippen molar-refractivity contribution in [3.8, 4) is 5.75 Å². The van der Waals surface area contributed by atoms with E-state index in [0.717, 1.165) is 0 Å². The summed E-state index contributed by atoms with van der Waals surface area (Å²) in [7, 11) is 1.48. The average molecular weight is 326 g/mol. The maximum absolute atomic E-state index is 12.0. The number of rotatable bonds is 4. The van der Waals surface area contributed by atoms with E-state index >= 15 is 0 Å². The van der Waals surface area contributed by atoms with E-state index in [1.54, 1.807) is 30.3 Å². The Morgan fingerprint density at radius 2 is 2.00 bits per heavy atom. The van der Waals surface area contributed by atoms with Gasteiger partial charge in [-0.15, -0.1) is 0 Å². The summed E-state index contributed by atoms with van der Waals surface area (Å²) >= 11 is 11.9. The Hall–Kier alpha value is -1.91. The second-order valence-corrected chi connectivity index (χ2v) is 5.03. The number of esters is 1. The molecule has 2 N–H and O–H groups in total. The van der Waals surface area contributed by atoms with Gasteiger partial charge >= 0.3 is 5.97 Å². The SMILES string of the molecule is COc1cc(C(=O)OCc2cccc(Cl)c2Cl)ccc1N. The molecular weight excluding hydrogens is 313 g/mol. The molecule has 0 saturated heterocycles. The van der Waals surface area contributed by atoms with Crippen molar-refractivity contribution in [2.24, 2.45) is 0 Å². The number of ether oxygens (including phenoxy) is 2. The molecular formula is C15H13Cl2NO3. The Bertz CT molecular complexity index is 674. The third-order valence-corrected chi connectivity index (χ3v) is 3.72. The first-order valence-corrected chi connectivity index (χ1v) is 6.82. The molecule has 0 aliphatic rings. The molecule has 6 heteroatoms. The highest BCUT2D eigenvalue weighted by Crippen LogP contribution is 2.27. The molecule has 0 spiro atoms. The Morgan fingerprint density at radius 3 is 2.71 bits per heavy atom. The van der Waals surface area contributed by atoms with Gasteiger partial charge in [-0.1, -0.05) is 35.3 Å². The van der Waals surface area contributed by atoms with Crippen molar-refractivity contribution in [2.75, 3.05) is 12.8 Å². The van der Waals surface area contributed by atoms with Crippen molar-refractivity contribution < 1.29 is 14.3 Å². The lowest BCUT2D eigenvalue weighted by molar-refractivity contribution is 0.0472. The molecule has 0 aliphatic heterocycles. The number of nitrogen functional groups attached to an aromatic ring is 1. The van der Waals surface area contributed by atoms with Gasteiger partial charge in [-0.3, -0.25) is 0 Å². The first-order valence-electron chi connectivity index (χ1n) is 6.06. The summed E-state index contributed by atoms with van der Waals surface area (Å²) in [6.07, 6.45) is 0. The Kier molecular flexibility index (Phi) is 4.94. The summed E-state index contributed by atoms with van der Waals surface area (Å²) in [5.74, 6) is -0.0745. The van der Waals surface area contributed by atoms with Crippen LogP contribution in [0.2, 0.25) is 10.0 Å². The summed E-state index contributed by atoms with van der Waals surface area (Å²) in [5, 5.41) is 0.793. The number of methoxy groups -OCH3 is 1. The Labute approximate surface area is 132 Å². The molecule has 0 atom stereocenters. The number of hydrogen-bond acceptors (Lipinski definition) is 4. The molecule has 0 bridgehead atoms. The molecule has 0 amide bonds. The van der Waals surface area contributed by atoms with E-state index in [-0.39, 0.29) is 6.61 Å². The monoisotopic (exact) mass is 325 g/mol. The fourth-order valence-electron chi connectivity index (χ4n) is 1.72. The van der Waals surface area contributed by atoms with E-state index in [9.17, 15) is 4.79 Å². The minimum absolute atomic E-state index is 0.0327. The zero-order chi connectivity index (χ0) is 15.4. The summed E-state index contributed by atoms with van der Waals surface area (Å²) in [4.78, 5) is 12.0. The predicted octanol–water partition coefficient (Wildman–Crippen LogP) is 3.94.